The Kier molecular flexibility index (Phi) is 5.08. The second-order valence-corrected chi connectivity index (χ2v) is 6.50. The maximum absolute atomic E-state index is 12.9. The van der Waals surface area contributed by atoms with E-state index in [0.717, 1.165) is 31.0 Å². The van der Waals surface area contributed by atoms with Gasteiger partial charge >= 0.3 is 0 Å². The first-order valence-electron chi connectivity index (χ1n) is 8.83. The molecule has 0 radical (unpaired) electrons. The number of aromatic nitrogens is 4. The van der Waals surface area contributed by atoms with Crippen LogP contribution in [0.25, 0.3) is 0 Å². The Balaban J connectivity index is 1.39. The van der Waals surface area contributed by atoms with E-state index < -0.39 is 0 Å². The fraction of sp³-hybridized carbons (Fsp3) is 0.316. The Hall–Kier alpha value is -2.84. The first-order valence-corrected chi connectivity index (χ1v) is 8.83. The van der Waals surface area contributed by atoms with Gasteiger partial charge in [-0.3, -0.25) is 14.6 Å². The normalized spacial score (nSPS) is 17.8. The van der Waals surface area contributed by atoms with Crippen molar-refractivity contribution in [1.82, 2.24) is 24.6 Å². The Morgan fingerprint density at radius 1 is 1.19 bits per heavy atom. The molecule has 1 N–H and O–H groups in total. The molecule has 7 nitrogen and oxygen atoms in total. The van der Waals surface area contributed by atoms with E-state index in [1.165, 1.54) is 18.0 Å². The lowest BCUT2D eigenvalue weighted by atomic mass is 10.1. The molecule has 8 heteroatoms. The van der Waals surface area contributed by atoms with Crippen molar-refractivity contribution < 1.29 is 9.13 Å². The van der Waals surface area contributed by atoms with Crippen molar-refractivity contribution >= 4 is 11.5 Å². The highest BCUT2D eigenvalue weighted by atomic mass is 19.1. The zero-order chi connectivity index (χ0) is 18.6. The molecule has 0 spiro atoms. The summed E-state index contributed by atoms with van der Waals surface area (Å²) >= 11 is 0. The highest BCUT2D eigenvalue weighted by molar-refractivity contribution is 5.54. The van der Waals surface area contributed by atoms with E-state index in [2.05, 4.69) is 25.3 Å². The Morgan fingerprint density at radius 2 is 2.11 bits per heavy atom. The lowest BCUT2D eigenvalue weighted by Crippen LogP contribution is -2.38. The molecule has 3 aromatic heterocycles. The predicted octanol–water partition coefficient (Wildman–Crippen LogP) is 2.67. The van der Waals surface area contributed by atoms with Gasteiger partial charge in [-0.25, -0.2) is 9.37 Å². The maximum Gasteiger partial charge on any atom is 0.141 e. The van der Waals surface area contributed by atoms with Crippen LogP contribution in [0.15, 0.2) is 48.9 Å². The van der Waals surface area contributed by atoms with Gasteiger partial charge in [0, 0.05) is 32.9 Å². The molecule has 0 unspecified atom stereocenters. The summed E-state index contributed by atoms with van der Waals surface area (Å²) in [6.45, 7) is 3.18. The van der Waals surface area contributed by atoms with Crippen LogP contribution >= 0.6 is 0 Å². The van der Waals surface area contributed by atoms with Crippen molar-refractivity contribution in [3.8, 4) is 0 Å². The standard InChI is InChI=1S/C19H21FN6O/c1-25-16(6-7-23-25)12-26-8-9-27-18(13-26)17-4-3-15(11-21-17)24-19-5-2-14(20)10-22-19/h2-7,10-11,18H,8-9,12-13H2,1H3,(H,22,24)/t18-/m1/s1. The minimum atomic E-state index is -0.362. The molecule has 1 atom stereocenters. The van der Waals surface area contributed by atoms with Crippen molar-refractivity contribution in [3.05, 3.63) is 66.1 Å². The number of nitrogens with zero attached hydrogens (tertiary/aromatic N) is 5. The van der Waals surface area contributed by atoms with Gasteiger partial charge in [0.2, 0.25) is 0 Å². The fourth-order valence-electron chi connectivity index (χ4n) is 3.08. The first-order chi connectivity index (χ1) is 13.2. The third-order valence-electron chi connectivity index (χ3n) is 4.57. The molecule has 27 heavy (non-hydrogen) atoms. The molecule has 0 saturated carbocycles. The van der Waals surface area contributed by atoms with E-state index in [9.17, 15) is 4.39 Å². The number of halogens is 1. The van der Waals surface area contributed by atoms with Gasteiger partial charge in [0.15, 0.2) is 0 Å². The van der Waals surface area contributed by atoms with Gasteiger partial charge in [-0.1, -0.05) is 0 Å². The largest absolute Gasteiger partial charge is 0.369 e. The minimum absolute atomic E-state index is 0.0648. The van der Waals surface area contributed by atoms with Crippen LogP contribution in [-0.4, -0.2) is 44.3 Å². The van der Waals surface area contributed by atoms with Gasteiger partial charge in [-0.05, 0) is 30.3 Å². The second kappa shape index (κ2) is 7.81. The number of aryl methyl sites for hydroxylation is 1. The summed E-state index contributed by atoms with van der Waals surface area (Å²) in [5, 5.41) is 7.33. The Labute approximate surface area is 156 Å². The second-order valence-electron chi connectivity index (χ2n) is 6.50. The van der Waals surface area contributed by atoms with Crippen LogP contribution in [0.2, 0.25) is 0 Å². The molecule has 0 aliphatic carbocycles. The molecule has 1 aliphatic heterocycles. The Bertz CT molecular complexity index is 880. The zero-order valence-electron chi connectivity index (χ0n) is 15.0. The number of nitrogens with one attached hydrogen (secondary N) is 1. The van der Waals surface area contributed by atoms with Crippen molar-refractivity contribution in [2.45, 2.75) is 12.6 Å². The molecule has 4 heterocycles. The molecular formula is C19H21FN6O. The van der Waals surface area contributed by atoms with Crippen LogP contribution in [0.1, 0.15) is 17.5 Å². The van der Waals surface area contributed by atoms with Gasteiger partial charge in [-0.15, -0.1) is 0 Å². The highest BCUT2D eigenvalue weighted by Crippen LogP contribution is 2.23. The molecular weight excluding hydrogens is 347 g/mol. The molecule has 4 rings (SSSR count). The zero-order valence-corrected chi connectivity index (χ0v) is 15.0. The van der Waals surface area contributed by atoms with Crippen LogP contribution in [0.3, 0.4) is 0 Å². The molecule has 1 fully saturated rings. The van der Waals surface area contributed by atoms with E-state index in [1.807, 2.05) is 36.1 Å². The molecule has 0 aromatic carbocycles. The number of hydrogen-bond acceptors (Lipinski definition) is 6. The summed E-state index contributed by atoms with van der Waals surface area (Å²) in [6, 6.07) is 8.86. The third kappa shape index (κ3) is 4.29. The van der Waals surface area contributed by atoms with Crippen molar-refractivity contribution in [3.63, 3.8) is 0 Å². The molecule has 0 bridgehead atoms. The summed E-state index contributed by atoms with van der Waals surface area (Å²) in [6.07, 6.45) is 4.67. The lowest BCUT2D eigenvalue weighted by Gasteiger charge is -2.32. The van der Waals surface area contributed by atoms with E-state index in [-0.39, 0.29) is 11.9 Å². The molecule has 1 saturated heterocycles. The molecule has 140 valence electrons. The molecule has 1 aliphatic rings. The number of hydrogen-bond donors (Lipinski definition) is 1. The van der Waals surface area contributed by atoms with Gasteiger partial charge in [0.1, 0.15) is 17.7 Å². The van der Waals surface area contributed by atoms with Gasteiger partial charge in [-0.2, -0.15) is 5.10 Å². The Morgan fingerprint density at radius 3 is 2.81 bits per heavy atom. The van der Waals surface area contributed by atoms with E-state index in [1.54, 1.807) is 12.3 Å². The minimum Gasteiger partial charge on any atom is -0.369 e. The summed E-state index contributed by atoms with van der Waals surface area (Å²) in [5.41, 5.74) is 2.86. The first kappa shape index (κ1) is 17.6. The van der Waals surface area contributed by atoms with Crippen LogP contribution in [-0.2, 0) is 18.3 Å². The average Bonchev–Trinajstić information content (AvgIpc) is 3.09. The van der Waals surface area contributed by atoms with Crippen molar-refractivity contribution in [2.24, 2.45) is 7.05 Å². The van der Waals surface area contributed by atoms with Crippen molar-refractivity contribution in [1.29, 1.82) is 0 Å². The van der Waals surface area contributed by atoms with Gasteiger partial charge in [0.05, 0.1) is 36.1 Å². The number of morpholine rings is 1. The third-order valence-corrected chi connectivity index (χ3v) is 4.57. The smallest absolute Gasteiger partial charge is 0.141 e. The number of ether oxygens (including phenoxy) is 1. The van der Waals surface area contributed by atoms with Crippen LogP contribution in [0.4, 0.5) is 15.9 Å². The summed E-state index contributed by atoms with van der Waals surface area (Å²) in [7, 11) is 1.95. The quantitative estimate of drug-likeness (QED) is 0.747. The number of anilines is 2. The monoisotopic (exact) mass is 368 g/mol. The lowest BCUT2D eigenvalue weighted by molar-refractivity contribution is -0.0356. The molecule has 3 aromatic rings. The summed E-state index contributed by atoms with van der Waals surface area (Å²) < 4.78 is 20.7. The van der Waals surface area contributed by atoms with Gasteiger partial charge in [0.25, 0.3) is 0 Å². The predicted molar refractivity (Wildman–Crippen MR) is 98.9 cm³/mol. The van der Waals surface area contributed by atoms with E-state index in [0.29, 0.717) is 12.4 Å². The SMILES string of the molecule is Cn1nccc1CN1CCO[C@@H](c2ccc(Nc3ccc(F)cn3)cn2)C1. The fourth-order valence-corrected chi connectivity index (χ4v) is 3.08. The molecule has 0 amide bonds. The number of pyridine rings is 2. The van der Waals surface area contributed by atoms with E-state index in [4.69, 9.17) is 4.74 Å². The van der Waals surface area contributed by atoms with Gasteiger partial charge < -0.3 is 10.1 Å². The highest BCUT2D eigenvalue weighted by Gasteiger charge is 2.23. The average molecular weight is 368 g/mol. The summed E-state index contributed by atoms with van der Waals surface area (Å²) in [5.74, 6) is 0.210. The van der Waals surface area contributed by atoms with Crippen LogP contribution in [0.5, 0.6) is 0 Å². The maximum atomic E-state index is 12.9. The van der Waals surface area contributed by atoms with Crippen molar-refractivity contribution in [2.75, 3.05) is 25.0 Å². The topological polar surface area (TPSA) is 68.1 Å². The number of rotatable bonds is 5. The summed E-state index contributed by atoms with van der Waals surface area (Å²) in [4.78, 5) is 10.9. The van der Waals surface area contributed by atoms with Crippen LogP contribution < -0.4 is 5.32 Å². The van der Waals surface area contributed by atoms with E-state index >= 15 is 0 Å². The van der Waals surface area contributed by atoms with Crippen LogP contribution in [0, 0.1) is 5.82 Å².